The molecule has 5 nitrogen and oxygen atoms in total. The van der Waals surface area contributed by atoms with E-state index < -0.39 is 0 Å². The predicted molar refractivity (Wildman–Crippen MR) is 91.3 cm³/mol. The van der Waals surface area contributed by atoms with E-state index in [2.05, 4.69) is 27.8 Å². The van der Waals surface area contributed by atoms with Crippen LogP contribution in [0.15, 0.2) is 24.4 Å². The van der Waals surface area contributed by atoms with E-state index in [9.17, 15) is 4.79 Å². The number of piperidine rings is 1. The van der Waals surface area contributed by atoms with Crippen LogP contribution in [0.25, 0.3) is 10.9 Å². The number of nitrogens with one attached hydrogen (secondary N) is 3. The normalized spacial score (nSPS) is 19.4. The number of carbonyl (C=O) groups is 1. The van der Waals surface area contributed by atoms with Crippen LogP contribution in [0, 0.1) is 11.8 Å². The van der Waals surface area contributed by atoms with Crippen molar-refractivity contribution in [3.8, 4) is 0 Å². The molecule has 1 aromatic heterocycles. The molecule has 0 bridgehead atoms. The quantitative estimate of drug-likeness (QED) is 0.810. The van der Waals surface area contributed by atoms with Gasteiger partial charge < -0.3 is 10.6 Å². The van der Waals surface area contributed by atoms with Crippen LogP contribution in [0.2, 0.25) is 0 Å². The second-order valence-electron chi connectivity index (χ2n) is 6.01. The number of fused-ring (bicyclic) bond motifs is 1. The molecule has 1 saturated heterocycles. The number of H-pyrrole nitrogens is 1. The van der Waals surface area contributed by atoms with Gasteiger partial charge in [0.2, 0.25) is 5.91 Å². The SMILES string of the molecule is CC(CC(=O)Nc1ccc2[nH]ncc2c1)C1CCCNC1.Cl. The smallest absolute Gasteiger partial charge is 0.224 e. The Morgan fingerprint density at radius 2 is 2.36 bits per heavy atom. The van der Waals surface area contributed by atoms with Crippen LogP contribution in [0.1, 0.15) is 26.2 Å². The summed E-state index contributed by atoms with van der Waals surface area (Å²) in [6.45, 7) is 4.33. The van der Waals surface area contributed by atoms with Crippen molar-refractivity contribution in [2.24, 2.45) is 11.8 Å². The zero-order chi connectivity index (χ0) is 14.7. The standard InChI is InChI=1S/C16H22N4O.ClH/c1-11(12-3-2-6-17-9-12)7-16(21)19-14-4-5-15-13(8-14)10-18-20-15;/h4-5,8,10-12,17H,2-3,6-7,9H2,1H3,(H,18,20)(H,19,21);1H. The van der Waals surface area contributed by atoms with E-state index in [0.717, 1.165) is 29.7 Å². The monoisotopic (exact) mass is 322 g/mol. The Bertz CT molecular complexity index is 621. The maximum absolute atomic E-state index is 12.2. The summed E-state index contributed by atoms with van der Waals surface area (Å²) in [6, 6.07) is 5.79. The molecule has 0 aliphatic carbocycles. The second kappa shape index (κ2) is 7.61. The molecule has 2 aromatic rings. The Morgan fingerprint density at radius 1 is 1.50 bits per heavy atom. The van der Waals surface area contributed by atoms with E-state index in [1.54, 1.807) is 6.20 Å². The predicted octanol–water partition coefficient (Wildman–Crippen LogP) is 2.95. The Balaban J connectivity index is 0.00000176. The molecule has 1 amide bonds. The first-order chi connectivity index (χ1) is 10.2. The van der Waals surface area contributed by atoms with E-state index in [-0.39, 0.29) is 18.3 Å². The first-order valence-corrected chi connectivity index (χ1v) is 7.66. The van der Waals surface area contributed by atoms with Crippen molar-refractivity contribution in [2.45, 2.75) is 26.2 Å². The van der Waals surface area contributed by atoms with Gasteiger partial charge in [-0.15, -0.1) is 12.4 Å². The van der Waals surface area contributed by atoms with E-state index in [1.165, 1.54) is 12.8 Å². The number of halogens is 1. The molecule has 0 spiro atoms. The molecule has 2 atom stereocenters. The van der Waals surface area contributed by atoms with Gasteiger partial charge in [-0.3, -0.25) is 9.89 Å². The summed E-state index contributed by atoms with van der Waals surface area (Å²) >= 11 is 0. The fraction of sp³-hybridized carbons (Fsp3) is 0.500. The van der Waals surface area contributed by atoms with Gasteiger partial charge in [-0.1, -0.05) is 6.92 Å². The molecule has 1 aromatic carbocycles. The van der Waals surface area contributed by atoms with Crippen LogP contribution < -0.4 is 10.6 Å². The van der Waals surface area contributed by atoms with Gasteiger partial charge in [0.25, 0.3) is 0 Å². The van der Waals surface area contributed by atoms with Crippen LogP contribution in [0.5, 0.6) is 0 Å². The molecule has 2 heterocycles. The number of hydrogen-bond acceptors (Lipinski definition) is 3. The van der Waals surface area contributed by atoms with E-state index >= 15 is 0 Å². The van der Waals surface area contributed by atoms with Gasteiger partial charge in [-0.05, 0) is 56.0 Å². The molecule has 2 unspecified atom stereocenters. The van der Waals surface area contributed by atoms with Crippen LogP contribution >= 0.6 is 12.4 Å². The van der Waals surface area contributed by atoms with E-state index in [1.807, 2.05) is 18.2 Å². The molecule has 120 valence electrons. The fourth-order valence-corrected chi connectivity index (χ4v) is 3.06. The lowest BCUT2D eigenvalue weighted by Crippen LogP contribution is -2.34. The van der Waals surface area contributed by atoms with Gasteiger partial charge in [-0.2, -0.15) is 5.10 Å². The summed E-state index contributed by atoms with van der Waals surface area (Å²) in [5, 5.41) is 14.3. The number of nitrogens with zero attached hydrogens (tertiary/aromatic N) is 1. The van der Waals surface area contributed by atoms with Crippen LogP contribution in [0.4, 0.5) is 5.69 Å². The van der Waals surface area contributed by atoms with Gasteiger partial charge in [-0.25, -0.2) is 0 Å². The average molecular weight is 323 g/mol. The highest BCUT2D eigenvalue weighted by Crippen LogP contribution is 2.23. The Hall–Kier alpha value is -1.59. The van der Waals surface area contributed by atoms with Crippen LogP contribution in [-0.2, 0) is 4.79 Å². The lowest BCUT2D eigenvalue weighted by atomic mass is 9.85. The number of aromatic amines is 1. The minimum absolute atomic E-state index is 0. The Kier molecular flexibility index (Phi) is 5.80. The number of benzene rings is 1. The topological polar surface area (TPSA) is 69.8 Å². The molecular formula is C16H23ClN4O. The molecule has 1 aliphatic heterocycles. The number of hydrogen-bond donors (Lipinski definition) is 3. The van der Waals surface area contributed by atoms with Gasteiger partial charge in [0, 0.05) is 17.5 Å². The first kappa shape index (κ1) is 16.8. The van der Waals surface area contributed by atoms with Gasteiger partial charge in [0.05, 0.1) is 11.7 Å². The summed E-state index contributed by atoms with van der Waals surface area (Å²) in [7, 11) is 0. The zero-order valence-corrected chi connectivity index (χ0v) is 13.6. The van der Waals surface area contributed by atoms with Crippen molar-refractivity contribution in [1.82, 2.24) is 15.5 Å². The molecule has 6 heteroatoms. The lowest BCUT2D eigenvalue weighted by Gasteiger charge is -2.28. The highest BCUT2D eigenvalue weighted by molar-refractivity contribution is 5.93. The lowest BCUT2D eigenvalue weighted by molar-refractivity contribution is -0.117. The first-order valence-electron chi connectivity index (χ1n) is 7.66. The van der Waals surface area contributed by atoms with Gasteiger partial charge in [0.15, 0.2) is 0 Å². The minimum atomic E-state index is 0. The summed E-state index contributed by atoms with van der Waals surface area (Å²) < 4.78 is 0. The largest absolute Gasteiger partial charge is 0.326 e. The maximum Gasteiger partial charge on any atom is 0.224 e. The highest BCUT2D eigenvalue weighted by Gasteiger charge is 2.22. The van der Waals surface area contributed by atoms with Gasteiger partial charge >= 0.3 is 0 Å². The zero-order valence-electron chi connectivity index (χ0n) is 12.8. The summed E-state index contributed by atoms with van der Waals surface area (Å²) in [4.78, 5) is 12.2. The number of rotatable bonds is 4. The van der Waals surface area contributed by atoms with Crippen molar-refractivity contribution < 1.29 is 4.79 Å². The molecule has 0 saturated carbocycles. The average Bonchev–Trinajstić information content (AvgIpc) is 2.95. The van der Waals surface area contributed by atoms with Crippen LogP contribution in [-0.4, -0.2) is 29.2 Å². The van der Waals surface area contributed by atoms with E-state index in [4.69, 9.17) is 0 Å². The third-order valence-electron chi connectivity index (χ3n) is 4.37. The van der Waals surface area contributed by atoms with Crippen LogP contribution in [0.3, 0.4) is 0 Å². The third-order valence-corrected chi connectivity index (χ3v) is 4.37. The maximum atomic E-state index is 12.2. The molecular weight excluding hydrogens is 300 g/mol. The van der Waals surface area contributed by atoms with Crippen molar-refractivity contribution in [3.63, 3.8) is 0 Å². The van der Waals surface area contributed by atoms with E-state index in [0.29, 0.717) is 18.3 Å². The molecule has 22 heavy (non-hydrogen) atoms. The van der Waals surface area contributed by atoms with Crippen molar-refractivity contribution >= 4 is 34.9 Å². The number of aromatic nitrogens is 2. The summed E-state index contributed by atoms with van der Waals surface area (Å²) in [5.41, 5.74) is 1.82. The third kappa shape index (κ3) is 3.99. The summed E-state index contributed by atoms with van der Waals surface area (Å²) in [6.07, 6.45) is 4.79. The molecule has 3 N–H and O–H groups in total. The van der Waals surface area contributed by atoms with Crippen molar-refractivity contribution in [1.29, 1.82) is 0 Å². The molecule has 3 rings (SSSR count). The Labute approximate surface area is 136 Å². The fourth-order valence-electron chi connectivity index (χ4n) is 3.06. The minimum Gasteiger partial charge on any atom is -0.326 e. The second-order valence-corrected chi connectivity index (χ2v) is 6.01. The summed E-state index contributed by atoms with van der Waals surface area (Å²) in [5.74, 6) is 1.12. The number of carbonyl (C=O) groups excluding carboxylic acids is 1. The molecule has 0 radical (unpaired) electrons. The molecule has 1 aliphatic rings. The molecule has 1 fully saturated rings. The number of anilines is 1. The highest BCUT2D eigenvalue weighted by atomic mass is 35.5. The van der Waals surface area contributed by atoms with Crippen molar-refractivity contribution in [2.75, 3.05) is 18.4 Å². The van der Waals surface area contributed by atoms with Gasteiger partial charge in [0.1, 0.15) is 0 Å². The van der Waals surface area contributed by atoms with Crippen molar-refractivity contribution in [3.05, 3.63) is 24.4 Å². The Morgan fingerprint density at radius 3 is 3.14 bits per heavy atom. The number of amides is 1.